The Hall–Kier alpha value is -3.02. The molecule has 1 aliphatic rings. The van der Waals surface area contributed by atoms with Crippen LogP contribution in [0.5, 0.6) is 0 Å². The van der Waals surface area contributed by atoms with Crippen LogP contribution in [0.3, 0.4) is 0 Å². The first-order valence-corrected chi connectivity index (χ1v) is 9.86. The fraction of sp³-hybridized carbons (Fsp3) is 0.176. The molecular weight excluding hydrogens is 424 g/mol. The summed E-state index contributed by atoms with van der Waals surface area (Å²) >= 11 is 6.02. The van der Waals surface area contributed by atoms with Gasteiger partial charge in [0.1, 0.15) is 6.04 Å². The minimum Gasteiger partial charge on any atom is -0.478 e. The van der Waals surface area contributed by atoms with E-state index in [1.165, 1.54) is 6.07 Å². The summed E-state index contributed by atoms with van der Waals surface area (Å²) in [5.41, 5.74) is -2.04. The van der Waals surface area contributed by atoms with Gasteiger partial charge in [-0.25, -0.2) is 4.79 Å². The number of hydrogen-bond donors (Lipinski definition) is 2. The maximum Gasteiger partial charge on any atom is 0.338 e. The van der Waals surface area contributed by atoms with Crippen LogP contribution in [-0.2, 0) is 20.5 Å². The Bertz CT molecular complexity index is 1180. The van der Waals surface area contributed by atoms with E-state index in [4.69, 9.17) is 16.2 Å². The highest BCUT2D eigenvalue weighted by Gasteiger charge is 2.51. The van der Waals surface area contributed by atoms with Crippen molar-refractivity contribution in [1.29, 1.82) is 0 Å². The van der Waals surface area contributed by atoms with Gasteiger partial charge in [-0.3, -0.25) is 9.35 Å². The number of amides is 1. The van der Waals surface area contributed by atoms with E-state index < -0.39 is 44.0 Å². The number of nitrogens with zero attached hydrogens (tertiary/aromatic N) is 4. The minimum absolute atomic E-state index is 0.224. The second kappa shape index (κ2) is 7.43. The first-order valence-electron chi connectivity index (χ1n) is 8.05. The molecule has 10 nitrogen and oxygen atoms in total. The lowest BCUT2D eigenvalue weighted by molar-refractivity contribution is -0.122. The fourth-order valence-electron chi connectivity index (χ4n) is 2.82. The third-order valence-electron chi connectivity index (χ3n) is 4.33. The molecule has 150 valence electrons. The third-order valence-corrected chi connectivity index (χ3v) is 5.41. The van der Waals surface area contributed by atoms with Gasteiger partial charge in [0.2, 0.25) is 5.54 Å². The summed E-state index contributed by atoms with van der Waals surface area (Å²) in [5.74, 6) is -2.20. The number of benzene rings is 2. The lowest BCUT2D eigenvalue weighted by Gasteiger charge is -2.24. The average molecular weight is 437 g/mol. The molecule has 0 bridgehead atoms. The van der Waals surface area contributed by atoms with E-state index in [0.29, 0.717) is 10.6 Å². The highest BCUT2D eigenvalue weighted by Crippen LogP contribution is 2.40. The molecular formula is C17H13ClN4O6S. The Balaban J connectivity index is 2.15. The molecule has 0 saturated heterocycles. The van der Waals surface area contributed by atoms with Gasteiger partial charge in [-0.15, -0.1) is 5.11 Å². The fourth-order valence-corrected chi connectivity index (χ4v) is 3.52. The molecule has 2 atom stereocenters. The second-order valence-corrected chi connectivity index (χ2v) is 7.99. The van der Waals surface area contributed by atoms with Crippen molar-refractivity contribution in [3.8, 4) is 0 Å². The lowest BCUT2D eigenvalue weighted by Crippen LogP contribution is -2.37. The molecule has 1 amide bonds. The van der Waals surface area contributed by atoms with E-state index in [9.17, 15) is 23.1 Å². The van der Waals surface area contributed by atoms with E-state index in [2.05, 4.69) is 20.5 Å². The molecule has 29 heavy (non-hydrogen) atoms. The monoisotopic (exact) mass is 436 g/mol. The summed E-state index contributed by atoms with van der Waals surface area (Å²) in [4.78, 5) is 23.5. The molecule has 0 fully saturated rings. The maximum atomic E-state index is 12.6. The van der Waals surface area contributed by atoms with Crippen molar-refractivity contribution in [3.05, 3.63) is 58.6 Å². The second-order valence-electron chi connectivity index (χ2n) is 6.13. The molecule has 0 aliphatic carbocycles. The number of carbonyl (C=O) groups excluding carboxylic acids is 1. The number of halogens is 1. The van der Waals surface area contributed by atoms with Gasteiger partial charge in [-0.1, -0.05) is 23.7 Å². The first-order chi connectivity index (χ1) is 13.6. The Morgan fingerprint density at radius 2 is 1.97 bits per heavy atom. The summed E-state index contributed by atoms with van der Waals surface area (Å²) < 4.78 is 31.7. The van der Waals surface area contributed by atoms with Crippen molar-refractivity contribution in [2.45, 2.75) is 23.4 Å². The van der Waals surface area contributed by atoms with Crippen molar-refractivity contribution in [2.75, 3.05) is 0 Å². The van der Waals surface area contributed by atoms with Crippen LogP contribution >= 0.6 is 11.6 Å². The number of carboxylic acid groups (broad SMARTS) is 1. The average Bonchev–Trinajstić information content (AvgIpc) is 2.94. The number of azo groups is 2. The summed E-state index contributed by atoms with van der Waals surface area (Å²) in [6.45, 7) is 1.59. The van der Waals surface area contributed by atoms with Crippen LogP contribution in [0.4, 0.5) is 5.69 Å². The van der Waals surface area contributed by atoms with Crippen LogP contribution in [0.1, 0.15) is 22.8 Å². The number of rotatable bonds is 5. The molecule has 2 aromatic rings. The van der Waals surface area contributed by atoms with E-state index in [-0.39, 0.29) is 5.69 Å². The normalized spacial score (nSPS) is 21.8. The van der Waals surface area contributed by atoms with Crippen molar-refractivity contribution in [2.24, 2.45) is 20.5 Å². The summed E-state index contributed by atoms with van der Waals surface area (Å²) in [6.07, 6.45) is 0. The van der Waals surface area contributed by atoms with Crippen LogP contribution < -0.4 is 0 Å². The number of hydrogen-bond acceptors (Lipinski definition) is 7. The highest BCUT2D eigenvalue weighted by atomic mass is 35.5. The van der Waals surface area contributed by atoms with Gasteiger partial charge >= 0.3 is 11.9 Å². The zero-order chi connectivity index (χ0) is 21.4. The predicted octanol–water partition coefficient (Wildman–Crippen LogP) is 3.65. The number of carbonyl (C=O) groups is 2. The smallest absolute Gasteiger partial charge is 0.338 e. The Morgan fingerprint density at radius 1 is 1.24 bits per heavy atom. The Labute approximate surface area is 169 Å². The van der Waals surface area contributed by atoms with Gasteiger partial charge in [-0.05, 0) is 42.8 Å². The van der Waals surface area contributed by atoms with Crippen molar-refractivity contribution in [1.82, 2.24) is 0 Å². The van der Waals surface area contributed by atoms with Gasteiger partial charge in [0.15, 0.2) is 0 Å². The SMILES string of the molecule is CC1N=NC(=O)C1(N=Nc1ccc(S(=O)(=O)O)cc1C(=O)O)c1cccc(Cl)c1. The largest absolute Gasteiger partial charge is 0.478 e. The maximum absolute atomic E-state index is 12.6. The van der Waals surface area contributed by atoms with Crippen LogP contribution in [0.25, 0.3) is 0 Å². The molecule has 0 radical (unpaired) electrons. The van der Waals surface area contributed by atoms with Crippen LogP contribution in [0.15, 0.2) is 67.8 Å². The van der Waals surface area contributed by atoms with Crippen LogP contribution in [0.2, 0.25) is 5.02 Å². The van der Waals surface area contributed by atoms with Gasteiger partial charge in [0, 0.05) is 5.02 Å². The molecule has 0 saturated carbocycles. The van der Waals surface area contributed by atoms with Crippen molar-refractivity contribution >= 4 is 39.3 Å². The molecule has 12 heteroatoms. The molecule has 2 N–H and O–H groups in total. The van der Waals surface area contributed by atoms with E-state index in [1.54, 1.807) is 25.1 Å². The molecule has 0 spiro atoms. The first kappa shape index (κ1) is 20.7. The summed E-state index contributed by atoms with van der Waals surface area (Å²) in [5, 5.41) is 25.1. The standard InChI is InChI=1S/C17H13ClN4O6S/c1-9-17(16(25)21-19-9,10-3-2-4-11(18)7-10)22-20-14-6-5-12(29(26,27)28)8-13(14)15(23)24/h2-9H,1H3,(H,23,24)(H,26,27,28). The van der Waals surface area contributed by atoms with Gasteiger partial charge in [0.25, 0.3) is 10.1 Å². The van der Waals surface area contributed by atoms with Crippen molar-refractivity contribution in [3.63, 3.8) is 0 Å². The van der Waals surface area contributed by atoms with Gasteiger partial charge < -0.3 is 5.11 Å². The van der Waals surface area contributed by atoms with E-state index >= 15 is 0 Å². The molecule has 1 aliphatic heterocycles. The topological polar surface area (TPSA) is 158 Å². The summed E-state index contributed by atoms with van der Waals surface area (Å²) in [7, 11) is -4.62. The zero-order valence-electron chi connectivity index (χ0n) is 14.7. The van der Waals surface area contributed by atoms with E-state index in [0.717, 1.165) is 18.2 Å². The Kier molecular flexibility index (Phi) is 5.30. The molecule has 0 aromatic heterocycles. The molecule has 2 unspecified atom stereocenters. The highest BCUT2D eigenvalue weighted by molar-refractivity contribution is 7.85. The minimum atomic E-state index is -4.62. The number of carboxylic acids is 1. The van der Waals surface area contributed by atoms with E-state index in [1.807, 2.05) is 0 Å². The molecule has 1 heterocycles. The van der Waals surface area contributed by atoms with Gasteiger partial charge in [-0.2, -0.15) is 23.8 Å². The van der Waals surface area contributed by atoms with Crippen LogP contribution in [-0.4, -0.2) is 36.0 Å². The van der Waals surface area contributed by atoms with Gasteiger partial charge in [0.05, 0.1) is 16.1 Å². The Morgan fingerprint density at radius 3 is 2.52 bits per heavy atom. The van der Waals surface area contributed by atoms with Crippen LogP contribution in [0, 0.1) is 0 Å². The lowest BCUT2D eigenvalue weighted by atomic mass is 9.85. The predicted molar refractivity (Wildman–Crippen MR) is 100 cm³/mol. The quantitative estimate of drug-likeness (QED) is 0.537. The third kappa shape index (κ3) is 3.79. The zero-order valence-corrected chi connectivity index (χ0v) is 16.3. The number of aromatic carboxylic acids is 1. The molecule has 3 rings (SSSR count). The summed E-state index contributed by atoms with van der Waals surface area (Å²) in [6, 6.07) is 8.33. The van der Waals surface area contributed by atoms with Crippen molar-refractivity contribution < 1.29 is 27.7 Å². The molecule has 2 aromatic carbocycles.